The monoisotopic (exact) mass is 817 g/mol. The predicted octanol–water partition coefficient (Wildman–Crippen LogP) is 16.0. The van der Waals surface area contributed by atoms with Gasteiger partial charge in [0.25, 0.3) is 0 Å². The van der Waals surface area contributed by atoms with Crippen LogP contribution in [-0.2, 0) is 0 Å². The summed E-state index contributed by atoms with van der Waals surface area (Å²) in [5.41, 5.74) is 4.67. The van der Waals surface area contributed by atoms with E-state index in [1.54, 1.807) is 12.1 Å². The molecule has 0 spiro atoms. The lowest BCUT2D eigenvalue weighted by atomic mass is 9.97. The van der Waals surface area contributed by atoms with Crippen molar-refractivity contribution >= 4 is 65.4 Å². The summed E-state index contributed by atoms with van der Waals surface area (Å²) in [5, 5.41) is 3.48. The highest BCUT2D eigenvalue weighted by atomic mass is 15.0. The van der Waals surface area contributed by atoms with Crippen LogP contribution >= 0.6 is 0 Å². The molecule has 0 bridgehead atoms. The van der Waals surface area contributed by atoms with Crippen molar-refractivity contribution in [1.29, 1.82) is 0 Å². The van der Waals surface area contributed by atoms with Gasteiger partial charge < -0.3 is 13.7 Å². The van der Waals surface area contributed by atoms with Crippen molar-refractivity contribution in [2.24, 2.45) is 0 Å². The number of benzene rings is 10. The lowest BCUT2D eigenvalue weighted by molar-refractivity contribution is 1.17. The molecule has 3 heterocycles. The summed E-state index contributed by atoms with van der Waals surface area (Å²) in [6.45, 7) is 0. The smallest absolute Gasteiger partial charge is 0.0651 e. The summed E-state index contributed by atoms with van der Waals surface area (Å²) in [7, 11) is 0. The number of hydrogen-bond donors (Lipinski definition) is 0. The van der Waals surface area contributed by atoms with Crippen molar-refractivity contribution in [3.8, 4) is 50.4 Å². The molecule has 13 rings (SSSR count). The first kappa shape index (κ1) is 23.0. The minimum absolute atomic E-state index is 0.0219. The molecule has 0 aliphatic heterocycles. The van der Waals surface area contributed by atoms with Crippen molar-refractivity contribution in [2.45, 2.75) is 0 Å². The van der Waals surface area contributed by atoms with Gasteiger partial charge in [-0.2, -0.15) is 0 Å². The van der Waals surface area contributed by atoms with Crippen molar-refractivity contribution in [3.63, 3.8) is 0 Å². The number of rotatable bonds is 6. The summed E-state index contributed by atoms with van der Waals surface area (Å²) in [6, 6.07) is 34.2. The fourth-order valence-electron chi connectivity index (χ4n) is 9.32. The van der Waals surface area contributed by atoms with Gasteiger partial charge in [0.15, 0.2) is 0 Å². The quantitative estimate of drug-likeness (QED) is 0.159. The van der Waals surface area contributed by atoms with Crippen LogP contribution in [0.15, 0.2) is 236 Å². The second-order valence-electron chi connectivity index (χ2n) is 15.3. The molecule has 0 radical (unpaired) electrons. The van der Waals surface area contributed by atoms with Gasteiger partial charge in [0.1, 0.15) is 0 Å². The average molecular weight is 818 g/mol. The normalized spacial score (nSPS) is 15.4. The van der Waals surface area contributed by atoms with Crippen LogP contribution < -0.4 is 0 Å². The Kier molecular flexibility index (Phi) is 5.14. The highest BCUT2D eigenvalue weighted by molar-refractivity contribution is 6.26. The zero-order valence-electron chi connectivity index (χ0n) is 49.1. The van der Waals surface area contributed by atoms with Crippen LogP contribution in [0.2, 0.25) is 0 Å². The SMILES string of the molecule is [2H]c1c([2H])c([2H])c(-c2c([2H])c([2H])c([2H])c(-n3c4c([2H])c([2H])c([2H])c([2H])c4c4c(-c5ccccc5-n5c6ccccc6c6c5ccc5c7ccccc7n(-c7cccc(-c8ccccc8)c7)c56)c([2H])c([2H])c([2H])c43)c2[2H])c([2H])c1[2H]. The maximum absolute atomic E-state index is 9.84. The minimum Gasteiger partial charge on any atom is -0.309 e. The third kappa shape index (κ3) is 5.40. The van der Waals surface area contributed by atoms with Gasteiger partial charge in [0.05, 0.1) is 60.7 Å². The van der Waals surface area contributed by atoms with Gasteiger partial charge in [-0.3, -0.25) is 0 Å². The number of aromatic nitrogens is 3. The van der Waals surface area contributed by atoms with E-state index < -0.39 is 113 Å². The van der Waals surface area contributed by atoms with E-state index in [9.17, 15) is 9.60 Å². The molecule has 10 aromatic carbocycles. The zero-order valence-corrected chi connectivity index (χ0v) is 33.1. The van der Waals surface area contributed by atoms with Gasteiger partial charge >= 0.3 is 0 Å². The Hall–Kier alpha value is -8.40. The number of nitrogens with zero attached hydrogens (tertiary/aromatic N) is 3. The van der Waals surface area contributed by atoms with Crippen LogP contribution in [0.1, 0.15) is 21.9 Å². The van der Waals surface area contributed by atoms with Crippen LogP contribution in [0.25, 0.3) is 116 Å². The topological polar surface area (TPSA) is 14.8 Å². The van der Waals surface area contributed by atoms with Gasteiger partial charge in [-0.1, -0.05) is 176 Å². The fourth-order valence-corrected chi connectivity index (χ4v) is 9.32. The first-order valence-corrected chi connectivity index (χ1v) is 20.4. The second kappa shape index (κ2) is 14.1. The summed E-state index contributed by atoms with van der Waals surface area (Å²) >= 11 is 0. The van der Waals surface area contributed by atoms with Crippen molar-refractivity contribution in [2.75, 3.05) is 0 Å². The van der Waals surface area contributed by atoms with E-state index in [4.69, 9.17) is 12.3 Å². The molecule has 63 heavy (non-hydrogen) atoms. The van der Waals surface area contributed by atoms with Crippen LogP contribution in [0.3, 0.4) is 0 Å². The Bertz CT molecular complexity index is 4840. The molecule has 0 amide bonds. The van der Waals surface area contributed by atoms with Gasteiger partial charge in [-0.25, -0.2) is 0 Å². The molecular formula is C60H39N3. The van der Waals surface area contributed by atoms with E-state index in [1.807, 2.05) is 78.9 Å². The van der Waals surface area contributed by atoms with Gasteiger partial charge in [0.2, 0.25) is 0 Å². The van der Waals surface area contributed by atoms with Crippen LogP contribution in [0, 0.1) is 0 Å². The van der Waals surface area contributed by atoms with E-state index in [1.165, 1.54) is 0 Å². The molecule has 0 N–H and O–H groups in total. The fraction of sp³-hybridized carbons (Fsp3) is 0. The molecule has 3 heteroatoms. The summed E-state index contributed by atoms with van der Waals surface area (Å²) in [4.78, 5) is 0. The minimum atomic E-state index is -0.854. The standard InChI is InChI=1S/C60H39N3/c1-3-18-40(19-4-1)42-22-15-24-44(38-42)61-54-33-13-9-28-50(54)58-48(30-17-35-56(58)61)46-26-7-12-32-53(46)63-55-34-14-10-29-51(55)59-57(63)37-36-49-47-27-8-11-31-52(47)62(60(49)59)45-25-16-23-43(39-45)41-20-5-2-6-21-41/h1-39H/i1D,3D,4D,9D,13D,15D,17D,18D,19D,22D,24D,28D,30D,33D,35D,38D. The van der Waals surface area contributed by atoms with Crippen molar-refractivity contribution in [1.82, 2.24) is 13.7 Å². The van der Waals surface area contributed by atoms with Crippen LogP contribution in [0.5, 0.6) is 0 Å². The third-order valence-electron chi connectivity index (χ3n) is 11.9. The molecule has 294 valence electrons. The van der Waals surface area contributed by atoms with Gasteiger partial charge in [-0.15, -0.1) is 0 Å². The predicted molar refractivity (Wildman–Crippen MR) is 266 cm³/mol. The highest BCUT2D eigenvalue weighted by Gasteiger charge is 2.24. The molecule has 0 saturated heterocycles. The van der Waals surface area contributed by atoms with Crippen molar-refractivity contribution in [3.05, 3.63) is 236 Å². The highest BCUT2D eigenvalue weighted by Crippen LogP contribution is 2.45. The summed E-state index contributed by atoms with van der Waals surface area (Å²) in [5.74, 6) is 0. The van der Waals surface area contributed by atoms with Crippen LogP contribution in [0.4, 0.5) is 0 Å². The first-order valence-electron chi connectivity index (χ1n) is 28.4. The number of para-hydroxylation sites is 4. The molecular weight excluding hydrogens is 763 g/mol. The Morgan fingerprint density at radius 2 is 1.02 bits per heavy atom. The van der Waals surface area contributed by atoms with Gasteiger partial charge in [-0.05, 0) is 88.4 Å². The first-order chi connectivity index (χ1) is 38.0. The summed E-state index contributed by atoms with van der Waals surface area (Å²) in [6.07, 6.45) is 0. The molecule has 13 aromatic rings. The molecule has 0 fully saturated rings. The molecule has 3 nitrogen and oxygen atoms in total. The third-order valence-corrected chi connectivity index (χ3v) is 11.9. The van der Waals surface area contributed by atoms with E-state index in [0.29, 0.717) is 11.3 Å². The molecule has 0 unspecified atom stereocenters. The maximum atomic E-state index is 9.84. The number of fused-ring (bicyclic) bond motifs is 10. The molecule has 3 aromatic heterocycles. The van der Waals surface area contributed by atoms with E-state index in [2.05, 4.69) is 57.7 Å². The van der Waals surface area contributed by atoms with Gasteiger partial charge in [0, 0.05) is 49.3 Å². The van der Waals surface area contributed by atoms with Crippen molar-refractivity contribution < 1.29 is 21.9 Å². The molecule has 0 aliphatic rings. The Balaban J connectivity index is 1.16. The largest absolute Gasteiger partial charge is 0.309 e. The molecule has 0 aliphatic carbocycles. The maximum Gasteiger partial charge on any atom is 0.0651 e. The molecule has 0 atom stereocenters. The Morgan fingerprint density at radius 1 is 0.317 bits per heavy atom. The lowest BCUT2D eigenvalue weighted by Gasteiger charge is -2.16. The average Bonchev–Trinajstić information content (AvgIpc) is 3.18. The zero-order chi connectivity index (χ0) is 55.4. The van der Waals surface area contributed by atoms with E-state index >= 15 is 0 Å². The summed E-state index contributed by atoms with van der Waals surface area (Å²) < 4.78 is 151. The Labute approximate surface area is 387 Å². The van der Waals surface area contributed by atoms with E-state index in [0.717, 1.165) is 65.0 Å². The molecule has 0 saturated carbocycles. The van der Waals surface area contributed by atoms with Crippen LogP contribution in [-0.4, -0.2) is 13.7 Å². The number of hydrogen-bond acceptors (Lipinski definition) is 0. The Morgan fingerprint density at radius 3 is 1.90 bits per heavy atom. The lowest BCUT2D eigenvalue weighted by Crippen LogP contribution is -1.98. The second-order valence-corrected chi connectivity index (χ2v) is 15.3. The van der Waals surface area contributed by atoms with E-state index in [-0.39, 0.29) is 27.4 Å².